The average molecular weight is 274 g/mol. The monoisotopic (exact) mass is 274 g/mol. The molecule has 0 radical (unpaired) electrons. The van der Waals surface area contributed by atoms with Gasteiger partial charge in [0.1, 0.15) is 5.75 Å². The number of aryl methyl sites for hydroxylation is 1. The van der Waals surface area contributed by atoms with Crippen LogP contribution in [0.1, 0.15) is 57.0 Å². The first-order chi connectivity index (χ1) is 9.47. The van der Waals surface area contributed by atoms with Gasteiger partial charge in [-0.05, 0) is 30.5 Å². The van der Waals surface area contributed by atoms with Gasteiger partial charge in [0.15, 0.2) is 11.9 Å². The van der Waals surface area contributed by atoms with Crippen molar-refractivity contribution in [2.75, 3.05) is 0 Å². The predicted molar refractivity (Wildman–Crippen MR) is 77.8 cm³/mol. The molecule has 0 aliphatic heterocycles. The molecule has 0 fully saturated rings. The van der Waals surface area contributed by atoms with Gasteiger partial charge in [0.05, 0.1) is 0 Å². The Morgan fingerprint density at radius 2 is 1.90 bits per heavy atom. The van der Waals surface area contributed by atoms with Crippen LogP contribution < -0.4 is 4.74 Å². The Kier molecular flexibility index (Phi) is 4.42. The summed E-state index contributed by atoms with van der Waals surface area (Å²) in [6, 6.07) is 7.98. The molecule has 1 aromatic carbocycles. The standard InChI is InChI=1S/C16H22N2O2/c1-10(2)14(16-17-15(11(3)4)18-20-16)19-13-8-6-7-12(5)9-13/h6-11,14H,1-5H3/t14-/m1/s1. The van der Waals surface area contributed by atoms with Gasteiger partial charge in [0.2, 0.25) is 0 Å². The van der Waals surface area contributed by atoms with Gasteiger partial charge >= 0.3 is 0 Å². The van der Waals surface area contributed by atoms with Crippen LogP contribution in [0.3, 0.4) is 0 Å². The number of hydrogen-bond acceptors (Lipinski definition) is 4. The highest BCUT2D eigenvalue weighted by molar-refractivity contribution is 5.27. The van der Waals surface area contributed by atoms with E-state index in [0.717, 1.165) is 11.6 Å². The van der Waals surface area contributed by atoms with Gasteiger partial charge in [-0.2, -0.15) is 4.98 Å². The van der Waals surface area contributed by atoms with Gasteiger partial charge in [-0.15, -0.1) is 0 Å². The summed E-state index contributed by atoms with van der Waals surface area (Å²) in [5.41, 5.74) is 1.17. The van der Waals surface area contributed by atoms with E-state index in [4.69, 9.17) is 9.26 Å². The van der Waals surface area contributed by atoms with Crippen LogP contribution >= 0.6 is 0 Å². The highest BCUT2D eigenvalue weighted by Gasteiger charge is 2.25. The van der Waals surface area contributed by atoms with E-state index in [1.165, 1.54) is 5.56 Å². The molecule has 0 aliphatic rings. The van der Waals surface area contributed by atoms with Gasteiger partial charge in [0.25, 0.3) is 5.89 Å². The summed E-state index contributed by atoms with van der Waals surface area (Å²) in [4.78, 5) is 4.45. The fourth-order valence-corrected chi connectivity index (χ4v) is 1.90. The van der Waals surface area contributed by atoms with Gasteiger partial charge in [-0.3, -0.25) is 0 Å². The van der Waals surface area contributed by atoms with Gasteiger partial charge in [-0.1, -0.05) is 45.0 Å². The molecule has 4 heteroatoms. The number of rotatable bonds is 5. The molecule has 0 saturated heterocycles. The molecule has 0 aliphatic carbocycles. The van der Waals surface area contributed by atoms with Crippen molar-refractivity contribution < 1.29 is 9.26 Å². The normalized spacial score (nSPS) is 12.9. The Bertz CT molecular complexity index is 561. The maximum atomic E-state index is 6.04. The Labute approximate surface area is 120 Å². The van der Waals surface area contributed by atoms with Crippen LogP contribution in [0.2, 0.25) is 0 Å². The Balaban J connectivity index is 2.22. The summed E-state index contributed by atoms with van der Waals surface area (Å²) in [6.07, 6.45) is -0.225. The predicted octanol–water partition coefficient (Wildman–Crippen LogP) is 4.28. The van der Waals surface area contributed by atoms with E-state index < -0.39 is 0 Å². The van der Waals surface area contributed by atoms with Gasteiger partial charge in [0, 0.05) is 5.92 Å². The van der Waals surface area contributed by atoms with Crippen LogP contribution in [0.5, 0.6) is 5.75 Å². The number of ether oxygens (including phenoxy) is 1. The highest BCUT2D eigenvalue weighted by atomic mass is 16.5. The lowest BCUT2D eigenvalue weighted by Gasteiger charge is -2.19. The van der Waals surface area contributed by atoms with E-state index in [2.05, 4.69) is 24.0 Å². The molecule has 0 amide bonds. The van der Waals surface area contributed by atoms with Crippen molar-refractivity contribution in [1.82, 2.24) is 10.1 Å². The lowest BCUT2D eigenvalue weighted by atomic mass is 10.1. The molecule has 4 nitrogen and oxygen atoms in total. The van der Waals surface area contributed by atoms with Crippen LogP contribution in [0.15, 0.2) is 28.8 Å². The fourth-order valence-electron chi connectivity index (χ4n) is 1.90. The number of benzene rings is 1. The second kappa shape index (κ2) is 6.07. The van der Waals surface area contributed by atoms with Crippen molar-refractivity contribution >= 4 is 0 Å². The molecule has 1 aromatic heterocycles. The quantitative estimate of drug-likeness (QED) is 0.816. The highest BCUT2D eigenvalue weighted by Crippen LogP contribution is 2.28. The van der Waals surface area contributed by atoms with E-state index in [0.29, 0.717) is 5.89 Å². The molecule has 108 valence electrons. The first-order valence-corrected chi connectivity index (χ1v) is 7.04. The van der Waals surface area contributed by atoms with E-state index in [-0.39, 0.29) is 17.9 Å². The molecule has 0 spiro atoms. The Morgan fingerprint density at radius 3 is 2.45 bits per heavy atom. The molecule has 0 bridgehead atoms. The topological polar surface area (TPSA) is 48.2 Å². The van der Waals surface area contributed by atoms with Crippen molar-refractivity contribution in [1.29, 1.82) is 0 Å². The van der Waals surface area contributed by atoms with E-state index >= 15 is 0 Å². The molecule has 0 unspecified atom stereocenters. The molecule has 2 rings (SSSR count). The summed E-state index contributed by atoms with van der Waals surface area (Å²) >= 11 is 0. The summed E-state index contributed by atoms with van der Waals surface area (Å²) in [5, 5.41) is 4.01. The average Bonchev–Trinajstić information content (AvgIpc) is 2.85. The van der Waals surface area contributed by atoms with E-state index in [9.17, 15) is 0 Å². The molecular formula is C16H22N2O2. The molecular weight excluding hydrogens is 252 g/mol. The smallest absolute Gasteiger partial charge is 0.267 e. The SMILES string of the molecule is Cc1cccc(O[C@@H](c2nc(C(C)C)no2)C(C)C)c1. The summed E-state index contributed by atoms with van der Waals surface area (Å²) < 4.78 is 11.4. The van der Waals surface area contributed by atoms with Crippen LogP contribution in [0, 0.1) is 12.8 Å². The van der Waals surface area contributed by atoms with Crippen molar-refractivity contribution in [3.63, 3.8) is 0 Å². The third kappa shape index (κ3) is 3.38. The molecule has 20 heavy (non-hydrogen) atoms. The zero-order valence-corrected chi connectivity index (χ0v) is 12.8. The van der Waals surface area contributed by atoms with Crippen molar-refractivity contribution in [2.24, 2.45) is 5.92 Å². The second-order valence-electron chi connectivity index (χ2n) is 5.74. The molecule has 1 heterocycles. The maximum absolute atomic E-state index is 6.04. The van der Waals surface area contributed by atoms with Crippen molar-refractivity contribution in [2.45, 2.75) is 46.6 Å². The number of aromatic nitrogens is 2. The number of nitrogens with zero attached hydrogens (tertiary/aromatic N) is 2. The molecule has 2 aromatic rings. The maximum Gasteiger partial charge on any atom is 0.267 e. The van der Waals surface area contributed by atoms with Crippen LogP contribution in [-0.4, -0.2) is 10.1 Å². The zero-order chi connectivity index (χ0) is 14.7. The van der Waals surface area contributed by atoms with Crippen molar-refractivity contribution in [3.05, 3.63) is 41.5 Å². The zero-order valence-electron chi connectivity index (χ0n) is 12.8. The van der Waals surface area contributed by atoms with Crippen molar-refractivity contribution in [3.8, 4) is 5.75 Å². The van der Waals surface area contributed by atoms with Crippen LogP contribution in [-0.2, 0) is 0 Å². The third-order valence-corrected chi connectivity index (χ3v) is 3.08. The first kappa shape index (κ1) is 14.6. The largest absolute Gasteiger partial charge is 0.480 e. The fraction of sp³-hybridized carbons (Fsp3) is 0.500. The third-order valence-electron chi connectivity index (χ3n) is 3.08. The number of hydrogen-bond donors (Lipinski definition) is 0. The van der Waals surface area contributed by atoms with E-state index in [1.54, 1.807) is 0 Å². The molecule has 1 atom stereocenters. The molecule has 0 saturated carbocycles. The van der Waals surface area contributed by atoms with E-state index in [1.807, 2.05) is 45.0 Å². The molecule has 0 N–H and O–H groups in total. The summed E-state index contributed by atoms with van der Waals surface area (Å²) in [6.45, 7) is 10.3. The Hall–Kier alpha value is -1.84. The lowest BCUT2D eigenvalue weighted by Crippen LogP contribution is -2.15. The summed E-state index contributed by atoms with van der Waals surface area (Å²) in [5.74, 6) is 2.59. The van der Waals surface area contributed by atoms with Gasteiger partial charge < -0.3 is 9.26 Å². The minimum Gasteiger partial charge on any atom is -0.480 e. The first-order valence-electron chi connectivity index (χ1n) is 7.04. The van der Waals surface area contributed by atoms with Crippen LogP contribution in [0.25, 0.3) is 0 Å². The second-order valence-corrected chi connectivity index (χ2v) is 5.74. The lowest BCUT2D eigenvalue weighted by molar-refractivity contribution is 0.114. The van der Waals surface area contributed by atoms with Crippen LogP contribution in [0.4, 0.5) is 0 Å². The minimum absolute atomic E-state index is 0.225. The Morgan fingerprint density at radius 1 is 1.15 bits per heavy atom. The minimum atomic E-state index is -0.225. The van der Waals surface area contributed by atoms with Gasteiger partial charge in [-0.25, -0.2) is 0 Å². The summed E-state index contributed by atoms with van der Waals surface area (Å²) in [7, 11) is 0.